The van der Waals surface area contributed by atoms with E-state index in [0.717, 1.165) is 30.1 Å². The number of hydrogen-bond acceptors (Lipinski definition) is 5. The second-order valence-corrected chi connectivity index (χ2v) is 11.4. The van der Waals surface area contributed by atoms with Gasteiger partial charge in [-0.15, -0.1) is 0 Å². The van der Waals surface area contributed by atoms with Crippen LogP contribution in [0, 0.1) is 13.8 Å². The zero-order valence-corrected chi connectivity index (χ0v) is 20.0. The van der Waals surface area contributed by atoms with Crippen LogP contribution in [0.2, 0.25) is 0 Å². The number of hydrogen-bond donors (Lipinski definition) is 2. The van der Waals surface area contributed by atoms with Crippen LogP contribution in [0.5, 0.6) is 0 Å². The van der Waals surface area contributed by atoms with Gasteiger partial charge in [0.05, 0.1) is 28.3 Å². The van der Waals surface area contributed by atoms with Crippen LogP contribution in [0.25, 0.3) is 0 Å². The summed E-state index contributed by atoms with van der Waals surface area (Å²) in [4.78, 5) is 5.29. The first-order valence-electron chi connectivity index (χ1n) is 10.7. The predicted octanol–water partition coefficient (Wildman–Crippen LogP) is 3.29. The number of para-hydroxylation sites is 2. The molecule has 2 aromatic rings. The highest BCUT2D eigenvalue weighted by atomic mass is 32.2. The molecule has 8 nitrogen and oxygen atoms in total. The van der Waals surface area contributed by atoms with Gasteiger partial charge in [-0.2, -0.15) is 9.40 Å². The van der Waals surface area contributed by atoms with Crippen LogP contribution in [0.15, 0.2) is 34.2 Å². The summed E-state index contributed by atoms with van der Waals surface area (Å²) in [6, 6.07) is 7.98. The maximum atomic E-state index is 13.7. The minimum absolute atomic E-state index is 0.305. The number of nitrogens with zero attached hydrogens (tertiary/aromatic N) is 4. The van der Waals surface area contributed by atoms with Gasteiger partial charge in [-0.3, -0.25) is 9.67 Å². The number of fused-ring (bicyclic) bond motifs is 1. The first-order valence-corrected chi connectivity index (χ1v) is 12.1. The summed E-state index contributed by atoms with van der Waals surface area (Å²) in [5.74, 6) is 0.790. The summed E-state index contributed by atoms with van der Waals surface area (Å²) >= 11 is 0. The fourth-order valence-electron chi connectivity index (χ4n) is 4.51. The second kappa shape index (κ2) is 7.34. The topological polar surface area (TPSA) is 91.6 Å². The maximum Gasteiger partial charge on any atom is 0.246 e. The molecule has 3 heterocycles. The number of anilines is 2. The van der Waals surface area contributed by atoms with Gasteiger partial charge in [0.25, 0.3) is 0 Å². The Balaban J connectivity index is 1.78. The van der Waals surface area contributed by atoms with Crippen molar-refractivity contribution in [3.05, 3.63) is 35.7 Å². The van der Waals surface area contributed by atoms with Crippen LogP contribution in [0.4, 0.5) is 11.4 Å². The van der Waals surface area contributed by atoms with Crippen LogP contribution in [-0.4, -0.2) is 52.5 Å². The Hall–Kier alpha value is -2.39. The molecule has 0 amide bonds. The van der Waals surface area contributed by atoms with Crippen molar-refractivity contribution in [1.29, 1.82) is 0 Å². The van der Waals surface area contributed by atoms with E-state index >= 15 is 0 Å². The average Bonchev–Trinajstić information content (AvgIpc) is 2.93. The number of aliphatic imine (C=N–C) groups is 1. The van der Waals surface area contributed by atoms with Crippen molar-refractivity contribution in [2.45, 2.75) is 63.4 Å². The summed E-state index contributed by atoms with van der Waals surface area (Å²) in [7, 11) is -1.92. The molecule has 31 heavy (non-hydrogen) atoms. The zero-order chi connectivity index (χ0) is 22.6. The number of aromatic nitrogens is 2. The Morgan fingerprint density at radius 3 is 2.45 bits per heavy atom. The second-order valence-electron chi connectivity index (χ2n) is 9.57. The fourth-order valence-corrected chi connectivity index (χ4v) is 6.45. The summed E-state index contributed by atoms with van der Waals surface area (Å²) < 4.78 is 30.6. The van der Waals surface area contributed by atoms with Crippen LogP contribution in [-0.2, 0) is 17.1 Å². The van der Waals surface area contributed by atoms with Crippen LogP contribution in [0.1, 0.15) is 45.0 Å². The minimum Gasteiger partial charge on any atom is -0.370 e. The molecule has 1 fully saturated rings. The lowest BCUT2D eigenvalue weighted by Crippen LogP contribution is -2.62. The highest BCUT2D eigenvalue weighted by Gasteiger charge is 2.47. The monoisotopic (exact) mass is 444 g/mol. The highest BCUT2D eigenvalue weighted by molar-refractivity contribution is 7.89. The van der Waals surface area contributed by atoms with Crippen molar-refractivity contribution >= 4 is 27.2 Å². The molecular weight excluding hydrogens is 412 g/mol. The van der Waals surface area contributed by atoms with Gasteiger partial charge in [-0.05, 0) is 59.6 Å². The normalized spacial score (nSPS) is 23.5. The third-order valence-electron chi connectivity index (χ3n) is 5.95. The fraction of sp³-hybridized carbons (Fsp3) is 0.545. The lowest BCUT2D eigenvalue weighted by molar-refractivity contribution is 0.292. The first kappa shape index (κ1) is 21.8. The lowest BCUT2D eigenvalue weighted by Gasteiger charge is -2.47. The van der Waals surface area contributed by atoms with Gasteiger partial charge in [-0.1, -0.05) is 12.1 Å². The largest absolute Gasteiger partial charge is 0.370 e. The molecule has 2 aliphatic rings. The molecule has 2 aliphatic heterocycles. The number of aryl methyl sites for hydroxylation is 2. The third-order valence-corrected chi connectivity index (χ3v) is 8.05. The molecule has 168 valence electrons. The molecule has 9 heteroatoms. The third kappa shape index (κ3) is 3.85. The zero-order valence-electron chi connectivity index (χ0n) is 19.2. The molecule has 0 aliphatic carbocycles. The number of sulfonamides is 1. The van der Waals surface area contributed by atoms with E-state index in [-0.39, 0.29) is 5.54 Å². The van der Waals surface area contributed by atoms with Gasteiger partial charge >= 0.3 is 0 Å². The molecule has 1 unspecified atom stereocenters. The van der Waals surface area contributed by atoms with Crippen molar-refractivity contribution < 1.29 is 8.42 Å². The van der Waals surface area contributed by atoms with Crippen LogP contribution in [0.3, 0.4) is 0 Å². The van der Waals surface area contributed by atoms with E-state index in [9.17, 15) is 8.42 Å². The van der Waals surface area contributed by atoms with Gasteiger partial charge in [0.2, 0.25) is 10.0 Å². The molecule has 0 bridgehead atoms. The van der Waals surface area contributed by atoms with Crippen molar-refractivity contribution in [2.24, 2.45) is 12.0 Å². The summed E-state index contributed by atoms with van der Waals surface area (Å²) in [5.41, 5.74) is 2.18. The van der Waals surface area contributed by atoms with Gasteiger partial charge < -0.3 is 10.6 Å². The lowest BCUT2D eigenvalue weighted by atomic mass is 9.85. The number of rotatable bonds is 2. The Labute approximate surface area is 184 Å². The maximum absolute atomic E-state index is 13.7. The standard InChI is InChI=1S/C22H32N6O2S/c1-15-19(16(2)27(6)26-15)31(29,30)28-13-9-12-22(14-28)20(25-21(3,4)5)23-17-10-7-8-11-18(17)24-22/h7-8,10-11,24H,9,12-14H2,1-6H3,(H,23,25). The molecule has 4 rings (SSSR count). The summed E-state index contributed by atoms with van der Waals surface area (Å²) in [6.45, 7) is 10.5. The molecule has 1 aromatic carbocycles. The Bertz CT molecular complexity index is 1150. The first-order chi connectivity index (χ1) is 14.4. The molecule has 1 aromatic heterocycles. The van der Waals surface area contributed by atoms with E-state index in [1.165, 1.54) is 0 Å². The van der Waals surface area contributed by atoms with E-state index in [4.69, 9.17) is 4.99 Å². The number of piperidine rings is 1. The predicted molar refractivity (Wildman–Crippen MR) is 124 cm³/mol. The molecule has 1 saturated heterocycles. The van der Waals surface area contributed by atoms with Crippen molar-refractivity contribution in [3.63, 3.8) is 0 Å². The number of amidine groups is 1. The van der Waals surface area contributed by atoms with Crippen LogP contribution >= 0.6 is 0 Å². The van der Waals surface area contributed by atoms with E-state index in [0.29, 0.717) is 29.4 Å². The molecule has 1 atom stereocenters. The molecule has 2 N–H and O–H groups in total. The average molecular weight is 445 g/mol. The van der Waals surface area contributed by atoms with E-state index in [1.54, 1.807) is 29.9 Å². The molecule has 0 radical (unpaired) electrons. The Morgan fingerprint density at radius 1 is 1.16 bits per heavy atom. The van der Waals surface area contributed by atoms with Crippen LogP contribution < -0.4 is 10.6 Å². The van der Waals surface area contributed by atoms with E-state index in [1.807, 2.05) is 24.3 Å². The molecular formula is C22H32N6O2S. The van der Waals surface area contributed by atoms with E-state index < -0.39 is 15.6 Å². The molecule has 0 saturated carbocycles. The molecule has 1 spiro atoms. The quantitative estimate of drug-likeness (QED) is 0.742. The van der Waals surface area contributed by atoms with Gasteiger partial charge in [0.15, 0.2) is 0 Å². The SMILES string of the molecule is Cc1nn(C)c(C)c1S(=O)(=O)N1CCCC2(C1)Nc1ccccc1NC2=NC(C)(C)C. The van der Waals surface area contributed by atoms with Gasteiger partial charge in [0.1, 0.15) is 16.3 Å². The van der Waals surface area contributed by atoms with Crippen molar-refractivity contribution in [1.82, 2.24) is 14.1 Å². The van der Waals surface area contributed by atoms with E-state index in [2.05, 4.69) is 36.5 Å². The Kier molecular flexibility index (Phi) is 5.17. The number of benzene rings is 1. The van der Waals surface area contributed by atoms with Gasteiger partial charge in [0, 0.05) is 20.1 Å². The van der Waals surface area contributed by atoms with Crippen molar-refractivity contribution in [2.75, 3.05) is 23.7 Å². The van der Waals surface area contributed by atoms with Gasteiger partial charge in [-0.25, -0.2) is 8.42 Å². The summed E-state index contributed by atoms with van der Waals surface area (Å²) in [5, 5.41) is 11.5. The summed E-state index contributed by atoms with van der Waals surface area (Å²) in [6.07, 6.45) is 1.53. The van der Waals surface area contributed by atoms with Crippen molar-refractivity contribution in [3.8, 4) is 0 Å². The number of nitrogens with one attached hydrogen (secondary N) is 2. The minimum atomic E-state index is -3.70. The smallest absolute Gasteiger partial charge is 0.246 e. The highest BCUT2D eigenvalue weighted by Crippen LogP contribution is 2.38. The Morgan fingerprint density at radius 2 is 1.84 bits per heavy atom.